The summed E-state index contributed by atoms with van der Waals surface area (Å²) in [6.45, 7) is -0.416. The van der Waals surface area contributed by atoms with Crippen molar-refractivity contribution < 1.29 is 28.5 Å². The predicted molar refractivity (Wildman–Crippen MR) is 101 cm³/mol. The van der Waals surface area contributed by atoms with Gasteiger partial charge < -0.3 is 24.3 Å². The van der Waals surface area contributed by atoms with Crippen LogP contribution in [0.3, 0.4) is 0 Å². The number of esters is 1. The van der Waals surface area contributed by atoms with Crippen LogP contribution in [0.4, 0.5) is 5.69 Å². The van der Waals surface area contributed by atoms with Crippen LogP contribution in [0.15, 0.2) is 48.5 Å². The maximum atomic E-state index is 11.9. The normalized spacial score (nSPS) is 10.3. The van der Waals surface area contributed by atoms with E-state index in [1.54, 1.807) is 55.7 Å². The lowest BCUT2D eigenvalue weighted by Gasteiger charge is -2.09. The van der Waals surface area contributed by atoms with Crippen LogP contribution in [0.25, 0.3) is 6.08 Å². The molecule has 0 saturated heterocycles. The molecule has 0 radical (unpaired) electrons. The fraction of sp³-hybridized carbons (Fsp3) is 0.200. The maximum absolute atomic E-state index is 11.9. The summed E-state index contributed by atoms with van der Waals surface area (Å²) in [6, 6.07) is 12.1. The van der Waals surface area contributed by atoms with Crippen LogP contribution in [0.2, 0.25) is 0 Å². The zero-order valence-electron chi connectivity index (χ0n) is 15.4. The number of ether oxygens (including phenoxy) is 4. The van der Waals surface area contributed by atoms with Gasteiger partial charge in [-0.3, -0.25) is 4.79 Å². The van der Waals surface area contributed by atoms with Gasteiger partial charge in [-0.25, -0.2) is 4.79 Å². The quantitative estimate of drug-likeness (QED) is 0.567. The van der Waals surface area contributed by atoms with Crippen LogP contribution < -0.4 is 19.5 Å². The Balaban J connectivity index is 1.90. The zero-order chi connectivity index (χ0) is 19.6. The van der Waals surface area contributed by atoms with Crippen molar-refractivity contribution in [2.75, 3.05) is 33.3 Å². The van der Waals surface area contributed by atoms with E-state index in [1.165, 1.54) is 20.3 Å². The number of nitrogens with one attached hydrogen (secondary N) is 1. The van der Waals surface area contributed by atoms with Crippen molar-refractivity contribution in [1.29, 1.82) is 0 Å². The molecular weight excluding hydrogens is 350 g/mol. The van der Waals surface area contributed by atoms with Crippen LogP contribution >= 0.6 is 0 Å². The third-order valence-corrected chi connectivity index (χ3v) is 3.57. The van der Waals surface area contributed by atoms with Gasteiger partial charge in [0.15, 0.2) is 6.61 Å². The average Bonchev–Trinajstić information content (AvgIpc) is 2.70. The molecule has 0 bridgehead atoms. The van der Waals surface area contributed by atoms with Crippen molar-refractivity contribution in [3.8, 4) is 17.2 Å². The van der Waals surface area contributed by atoms with Gasteiger partial charge in [0.2, 0.25) is 0 Å². The topological polar surface area (TPSA) is 83.1 Å². The molecule has 142 valence electrons. The Kier molecular flexibility index (Phi) is 7.25. The smallest absolute Gasteiger partial charge is 0.331 e. The average molecular weight is 371 g/mol. The number of methoxy groups -OCH3 is 3. The highest BCUT2D eigenvalue weighted by Gasteiger charge is 2.09. The number of hydrogen-bond donors (Lipinski definition) is 1. The molecule has 0 atom stereocenters. The number of carbonyl (C=O) groups is 2. The van der Waals surface area contributed by atoms with E-state index in [4.69, 9.17) is 18.9 Å². The van der Waals surface area contributed by atoms with Gasteiger partial charge in [-0.15, -0.1) is 0 Å². The fourth-order valence-electron chi connectivity index (χ4n) is 2.23. The monoisotopic (exact) mass is 371 g/mol. The number of carbonyl (C=O) groups excluding carboxylic acids is 2. The van der Waals surface area contributed by atoms with Crippen LogP contribution in [0.1, 0.15) is 5.56 Å². The van der Waals surface area contributed by atoms with E-state index in [-0.39, 0.29) is 0 Å². The standard InChI is InChI=1S/C20H21NO6/c1-24-15-10-8-14(18(12-15)26-3)9-11-20(23)27-13-19(22)21-16-6-4-5-7-17(16)25-2/h4-12H,13H2,1-3H3,(H,21,22). The van der Waals surface area contributed by atoms with Gasteiger partial charge in [-0.2, -0.15) is 0 Å². The second-order valence-electron chi connectivity index (χ2n) is 5.30. The van der Waals surface area contributed by atoms with Gasteiger partial charge in [0.25, 0.3) is 5.91 Å². The minimum absolute atomic E-state index is 0.416. The summed E-state index contributed by atoms with van der Waals surface area (Å²) in [5, 5.41) is 2.62. The van der Waals surface area contributed by atoms with Gasteiger partial charge in [-0.1, -0.05) is 12.1 Å². The molecule has 0 aliphatic rings. The Bertz CT molecular complexity index is 831. The summed E-state index contributed by atoms with van der Waals surface area (Å²) < 4.78 is 20.5. The molecule has 0 aliphatic carbocycles. The molecule has 27 heavy (non-hydrogen) atoms. The molecule has 0 aromatic heterocycles. The molecule has 1 N–H and O–H groups in total. The molecule has 0 spiro atoms. The molecule has 7 nitrogen and oxygen atoms in total. The van der Waals surface area contributed by atoms with Gasteiger partial charge in [0.05, 0.1) is 27.0 Å². The summed E-state index contributed by atoms with van der Waals surface area (Å²) in [5.41, 5.74) is 1.17. The Hall–Kier alpha value is -3.48. The molecule has 2 aromatic carbocycles. The lowest BCUT2D eigenvalue weighted by molar-refractivity contribution is -0.142. The molecule has 1 amide bonds. The molecule has 0 heterocycles. The lowest BCUT2D eigenvalue weighted by Crippen LogP contribution is -2.20. The SMILES string of the molecule is COc1ccc(C=CC(=O)OCC(=O)Nc2ccccc2OC)c(OC)c1. The van der Waals surface area contributed by atoms with Gasteiger partial charge in [0.1, 0.15) is 17.2 Å². The molecule has 7 heteroatoms. The first-order chi connectivity index (χ1) is 13.1. The van der Waals surface area contributed by atoms with Gasteiger partial charge in [-0.05, 0) is 30.3 Å². The number of para-hydroxylation sites is 2. The Labute approximate surface area is 157 Å². The van der Waals surface area contributed by atoms with Gasteiger partial charge >= 0.3 is 5.97 Å². The number of benzene rings is 2. The number of anilines is 1. The second kappa shape index (κ2) is 9.86. The number of hydrogen-bond acceptors (Lipinski definition) is 6. The van der Waals surface area contributed by atoms with E-state index >= 15 is 0 Å². The van der Waals surface area contributed by atoms with Crippen molar-refractivity contribution in [2.24, 2.45) is 0 Å². The molecular formula is C20H21NO6. The van der Waals surface area contributed by atoms with Crippen molar-refractivity contribution in [3.63, 3.8) is 0 Å². The summed E-state index contributed by atoms with van der Waals surface area (Å²) in [5.74, 6) is 0.585. The Morgan fingerprint density at radius 2 is 1.70 bits per heavy atom. The number of amides is 1. The van der Waals surface area contributed by atoms with E-state index in [0.717, 1.165) is 0 Å². The molecule has 0 aliphatic heterocycles. The first kappa shape index (κ1) is 19.8. The minimum Gasteiger partial charge on any atom is -0.497 e. The maximum Gasteiger partial charge on any atom is 0.331 e. The van der Waals surface area contributed by atoms with Crippen molar-refractivity contribution in [3.05, 3.63) is 54.1 Å². The molecule has 0 unspecified atom stereocenters. The molecule has 2 aromatic rings. The van der Waals surface area contributed by atoms with Crippen LogP contribution in [0.5, 0.6) is 17.2 Å². The van der Waals surface area contributed by atoms with E-state index in [1.807, 2.05) is 0 Å². The van der Waals surface area contributed by atoms with Crippen LogP contribution in [0, 0.1) is 0 Å². The highest BCUT2D eigenvalue weighted by atomic mass is 16.5. The third-order valence-electron chi connectivity index (χ3n) is 3.57. The highest BCUT2D eigenvalue weighted by molar-refractivity contribution is 5.95. The van der Waals surface area contributed by atoms with E-state index in [9.17, 15) is 9.59 Å². The van der Waals surface area contributed by atoms with Crippen LogP contribution in [-0.4, -0.2) is 39.8 Å². The van der Waals surface area contributed by atoms with Crippen molar-refractivity contribution >= 4 is 23.6 Å². The van der Waals surface area contributed by atoms with Crippen LogP contribution in [-0.2, 0) is 14.3 Å². The summed E-state index contributed by atoms with van der Waals surface area (Å²) in [6.07, 6.45) is 2.76. The van der Waals surface area contributed by atoms with Gasteiger partial charge in [0, 0.05) is 17.7 Å². The molecule has 2 rings (SSSR count). The Morgan fingerprint density at radius 1 is 0.963 bits per heavy atom. The Morgan fingerprint density at radius 3 is 2.41 bits per heavy atom. The minimum atomic E-state index is -0.650. The summed E-state index contributed by atoms with van der Waals surface area (Å²) in [4.78, 5) is 23.8. The molecule has 0 fully saturated rings. The van der Waals surface area contributed by atoms with Crippen molar-refractivity contribution in [2.45, 2.75) is 0 Å². The second-order valence-corrected chi connectivity index (χ2v) is 5.30. The summed E-state index contributed by atoms with van der Waals surface area (Å²) >= 11 is 0. The third kappa shape index (κ3) is 5.78. The van der Waals surface area contributed by atoms with E-state index in [2.05, 4.69) is 5.32 Å². The first-order valence-corrected chi connectivity index (χ1v) is 8.07. The fourth-order valence-corrected chi connectivity index (χ4v) is 2.23. The largest absolute Gasteiger partial charge is 0.497 e. The summed E-state index contributed by atoms with van der Waals surface area (Å²) in [7, 11) is 4.58. The van der Waals surface area contributed by atoms with Crippen molar-refractivity contribution in [1.82, 2.24) is 0 Å². The van der Waals surface area contributed by atoms with E-state index in [0.29, 0.717) is 28.5 Å². The zero-order valence-corrected chi connectivity index (χ0v) is 15.4. The highest BCUT2D eigenvalue weighted by Crippen LogP contribution is 2.25. The molecule has 0 saturated carbocycles. The lowest BCUT2D eigenvalue weighted by atomic mass is 10.2. The van der Waals surface area contributed by atoms with E-state index < -0.39 is 18.5 Å². The number of rotatable bonds is 8. The first-order valence-electron chi connectivity index (χ1n) is 8.07. The predicted octanol–water partition coefficient (Wildman–Crippen LogP) is 2.91.